The lowest BCUT2D eigenvalue weighted by molar-refractivity contribution is -0.156. The summed E-state index contributed by atoms with van der Waals surface area (Å²) in [6.07, 6.45) is -1.28. The van der Waals surface area contributed by atoms with Gasteiger partial charge in [-0.3, -0.25) is 23.7 Å². The van der Waals surface area contributed by atoms with E-state index in [4.69, 9.17) is 23.5 Å². The summed E-state index contributed by atoms with van der Waals surface area (Å²) in [7, 11) is -4.93. The molecule has 2 aliphatic rings. The number of esters is 4. The van der Waals surface area contributed by atoms with Crippen molar-refractivity contribution in [1.29, 1.82) is 0 Å². The average Bonchev–Trinajstić information content (AvgIpc) is 3.15. The van der Waals surface area contributed by atoms with Crippen molar-refractivity contribution in [2.45, 2.75) is 49.6 Å². The van der Waals surface area contributed by atoms with Crippen molar-refractivity contribution in [3.63, 3.8) is 0 Å². The van der Waals surface area contributed by atoms with Crippen LogP contribution in [0.3, 0.4) is 0 Å². The molecule has 11 nitrogen and oxygen atoms in total. The highest BCUT2D eigenvalue weighted by Crippen LogP contribution is 2.17. The van der Waals surface area contributed by atoms with E-state index in [1.807, 2.05) is 0 Å². The zero-order valence-electron chi connectivity index (χ0n) is 13.6. The number of hydrogen-bond donors (Lipinski definition) is 1. The molecule has 0 amide bonds. The fraction of sp³-hybridized carbons (Fsp3) is 0.714. The van der Waals surface area contributed by atoms with E-state index in [9.17, 15) is 27.6 Å². The van der Waals surface area contributed by atoms with E-state index in [1.54, 1.807) is 0 Å². The summed E-state index contributed by atoms with van der Waals surface area (Å²) in [6, 6.07) is 0. The van der Waals surface area contributed by atoms with Crippen LogP contribution >= 0.6 is 0 Å². The minimum Gasteiger partial charge on any atom is -0.462 e. The van der Waals surface area contributed by atoms with Gasteiger partial charge in [0.2, 0.25) is 0 Å². The van der Waals surface area contributed by atoms with Crippen molar-refractivity contribution in [3.8, 4) is 0 Å². The van der Waals surface area contributed by atoms with E-state index >= 15 is 0 Å². The highest BCUT2D eigenvalue weighted by atomic mass is 32.2. The van der Waals surface area contributed by atoms with E-state index in [0.29, 0.717) is 12.8 Å². The normalized spacial score (nSPS) is 23.9. The minimum absolute atomic E-state index is 0.155. The van der Waals surface area contributed by atoms with E-state index in [1.165, 1.54) is 0 Å². The molecule has 1 N–H and O–H groups in total. The molecule has 0 radical (unpaired) electrons. The second-order valence-corrected chi connectivity index (χ2v) is 7.42. The third-order valence-electron chi connectivity index (χ3n) is 3.75. The van der Waals surface area contributed by atoms with Crippen molar-refractivity contribution in [3.05, 3.63) is 0 Å². The van der Waals surface area contributed by atoms with Crippen molar-refractivity contribution in [1.82, 2.24) is 0 Å². The van der Waals surface area contributed by atoms with Gasteiger partial charge in [-0.1, -0.05) is 0 Å². The molecule has 0 aromatic heterocycles. The van der Waals surface area contributed by atoms with E-state index in [0.717, 1.165) is 0 Å². The van der Waals surface area contributed by atoms with Gasteiger partial charge in [0.25, 0.3) is 10.1 Å². The molecule has 2 aliphatic heterocycles. The molecule has 0 aromatic rings. The molecule has 0 aliphatic carbocycles. The van der Waals surface area contributed by atoms with Gasteiger partial charge in [0, 0.05) is 12.8 Å². The van der Waals surface area contributed by atoms with Gasteiger partial charge in [0.1, 0.15) is 25.4 Å². The zero-order valence-corrected chi connectivity index (χ0v) is 14.4. The first-order valence-electron chi connectivity index (χ1n) is 7.82. The van der Waals surface area contributed by atoms with Crippen LogP contribution in [-0.4, -0.2) is 67.5 Å². The molecular formula is C14H18O11S. The van der Waals surface area contributed by atoms with Crippen LogP contribution in [0.5, 0.6) is 0 Å². The number of rotatable bonds is 8. The molecule has 146 valence electrons. The lowest BCUT2D eigenvalue weighted by atomic mass is 10.2. The largest absolute Gasteiger partial charge is 0.462 e. The Labute approximate surface area is 148 Å². The summed E-state index contributed by atoms with van der Waals surface area (Å²) in [5, 5.41) is -2.17. The van der Waals surface area contributed by atoms with E-state index in [-0.39, 0.29) is 26.1 Å². The predicted molar refractivity (Wildman–Crippen MR) is 80.1 cm³/mol. The molecule has 0 saturated carbocycles. The Morgan fingerprint density at radius 1 is 1.04 bits per heavy atom. The maximum Gasteiger partial charge on any atom is 0.327 e. The molecule has 3 atom stereocenters. The van der Waals surface area contributed by atoms with Gasteiger partial charge in [-0.05, 0) is 12.8 Å². The topological polar surface area (TPSA) is 160 Å². The van der Waals surface area contributed by atoms with Crippen LogP contribution in [0.1, 0.15) is 32.1 Å². The second kappa shape index (κ2) is 8.45. The van der Waals surface area contributed by atoms with Crippen molar-refractivity contribution >= 4 is 34.0 Å². The molecule has 2 rings (SSSR count). The Kier molecular flexibility index (Phi) is 6.53. The Morgan fingerprint density at radius 3 is 1.96 bits per heavy atom. The molecule has 0 spiro atoms. The Balaban J connectivity index is 1.83. The molecule has 2 fully saturated rings. The number of carbonyl (C=O) groups excluding carboxylic acids is 4. The molecule has 0 aromatic carbocycles. The average molecular weight is 394 g/mol. The molecule has 0 bridgehead atoms. The SMILES string of the molecule is O=C(CC(C(=O)OCC1CCC(=O)O1)S(=O)(=O)O)OCC1CCC(=O)O1. The molecule has 12 heteroatoms. The van der Waals surface area contributed by atoms with E-state index < -0.39 is 57.9 Å². The maximum absolute atomic E-state index is 11.9. The smallest absolute Gasteiger partial charge is 0.327 e. The highest BCUT2D eigenvalue weighted by Gasteiger charge is 2.37. The van der Waals surface area contributed by atoms with Gasteiger partial charge in [-0.15, -0.1) is 0 Å². The minimum atomic E-state index is -4.93. The van der Waals surface area contributed by atoms with Gasteiger partial charge in [0.15, 0.2) is 5.25 Å². The summed E-state index contributed by atoms with van der Waals surface area (Å²) in [5.41, 5.74) is 0. The summed E-state index contributed by atoms with van der Waals surface area (Å²) >= 11 is 0. The summed E-state index contributed by atoms with van der Waals surface area (Å²) in [5.74, 6) is -3.34. The number of carbonyl (C=O) groups is 4. The van der Waals surface area contributed by atoms with E-state index in [2.05, 4.69) is 0 Å². The molecule has 2 heterocycles. The fourth-order valence-corrected chi connectivity index (χ4v) is 3.03. The van der Waals surface area contributed by atoms with Crippen LogP contribution in [0.2, 0.25) is 0 Å². The predicted octanol–water partition coefficient (Wildman–Crippen LogP) is -0.869. The van der Waals surface area contributed by atoms with Gasteiger partial charge < -0.3 is 18.9 Å². The standard InChI is InChI=1S/C14H18O11S/c15-11-3-1-8(24-11)6-22-13(17)5-10(26(19,20)21)14(18)23-7-9-2-4-12(16)25-9/h8-10H,1-7H2,(H,19,20,21). The van der Waals surface area contributed by atoms with Crippen molar-refractivity contribution in [2.75, 3.05) is 13.2 Å². The van der Waals surface area contributed by atoms with Crippen LogP contribution in [-0.2, 0) is 48.2 Å². The third kappa shape index (κ3) is 5.95. The molecular weight excluding hydrogens is 376 g/mol. The van der Waals surface area contributed by atoms with Gasteiger partial charge in [0.05, 0.1) is 6.42 Å². The zero-order chi connectivity index (χ0) is 19.3. The molecule has 3 unspecified atom stereocenters. The lowest BCUT2D eigenvalue weighted by Crippen LogP contribution is -2.36. The Bertz CT molecular complexity index is 683. The summed E-state index contributed by atoms with van der Waals surface area (Å²) in [6.45, 7) is -0.667. The van der Waals surface area contributed by atoms with Crippen LogP contribution in [0.25, 0.3) is 0 Å². The number of cyclic esters (lactones) is 2. The summed E-state index contributed by atoms with van der Waals surface area (Å²) < 4.78 is 51.0. The summed E-state index contributed by atoms with van der Waals surface area (Å²) in [4.78, 5) is 45.5. The molecule has 2 saturated heterocycles. The number of ether oxygens (including phenoxy) is 4. The van der Waals surface area contributed by atoms with Gasteiger partial charge in [-0.2, -0.15) is 8.42 Å². The third-order valence-corrected chi connectivity index (χ3v) is 4.83. The maximum atomic E-state index is 11.9. The Morgan fingerprint density at radius 2 is 1.54 bits per heavy atom. The van der Waals surface area contributed by atoms with Crippen molar-refractivity contribution in [2.24, 2.45) is 0 Å². The number of hydrogen-bond acceptors (Lipinski definition) is 10. The monoisotopic (exact) mass is 394 g/mol. The Hall–Kier alpha value is -2.21. The molecule has 26 heavy (non-hydrogen) atoms. The first-order chi connectivity index (χ1) is 12.1. The van der Waals surface area contributed by atoms with Gasteiger partial charge >= 0.3 is 23.9 Å². The first kappa shape index (κ1) is 20.1. The van der Waals surface area contributed by atoms with Crippen LogP contribution < -0.4 is 0 Å². The van der Waals surface area contributed by atoms with Crippen molar-refractivity contribution < 1.29 is 51.1 Å². The second-order valence-electron chi connectivity index (χ2n) is 5.82. The first-order valence-corrected chi connectivity index (χ1v) is 9.33. The van der Waals surface area contributed by atoms with Crippen LogP contribution in [0.15, 0.2) is 0 Å². The quantitative estimate of drug-likeness (QED) is 0.310. The highest BCUT2D eigenvalue weighted by molar-refractivity contribution is 7.87. The fourth-order valence-electron chi connectivity index (χ4n) is 2.37. The van der Waals surface area contributed by atoms with Crippen LogP contribution in [0.4, 0.5) is 0 Å². The van der Waals surface area contributed by atoms with Crippen LogP contribution in [0, 0.1) is 0 Å². The van der Waals surface area contributed by atoms with Gasteiger partial charge in [-0.25, -0.2) is 0 Å². The lowest BCUT2D eigenvalue weighted by Gasteiger charge is -2.15.